The first kappa shape index (κ1) is 16.7. The van der Waals surface area contributed by atoms with E-state index in [-0.39, 0.29) is 21.4 Å². The summed E-state index contributed by atoms with van der Waals surface area (Å²) in [7, 11) is -3.90. The summed E-state index contributed by atoms with van der Waals surface area (Å²) in [5, 5.41) is 20.1. The van der Waals surface area contributed by atoms with Gasteiger partial charge in [-0.25, -0.2) is 13.4 Å². The van der Waals surface area contributed by atoms with Crippen molar-refractivity contribution >= 4 is 32.4 Å². The summed E-state index contributed by atoms with van der Waals surface area (Å²) in [4.78, 5) is 15.3. The first-order chi connectivity index (χ1) is 11.8. The molecule has 0 unspecified atom stereocenters. The van der Waals surface area contributed by atoms with E-state index in [1.54, 1.807) is 30.3 Å². The number of anilines is 1. The van der Waals surface area contributed by atoms with Gasteiger partial charge in [0, 0.05) is 11.1 Å². The summed E-state index contributed by atoms with van der Waals surface area (Å²) in [6.07, 6.45) is 0. The van der Waals surface area contributed by atoms with E-state index in [0.29, 0.717) is 5.69 Å². The molecule has 0 aliphatic rings. The molecule has 25 heavy (non-hydrogen) atoms. The second-order valence-electron chi connectivity index (χ2n) is 5.37. The summed E-state index contributed by atoms with van der Waals surface area (Å²) >= 11 is 0. The van der Waals surface area contributed by atoms with E-state index >= 15 is 0 Å². The van der Waals surface area contributed by atoms with Gasteiger partial charge in [0.1, 0.15) is 11.3 Å². The van der Waals surface area contributed by atoms with Crippen LogP contribution < -0.4 is 4.72 Å². The normalized spacial score (nSPS) is 11.4. The molecule has 0 saturated carbocycles. The molecule has 128 valence electrons. The zero-order valence-corrected chi connectivity index (χ0v) is 13.9. The minimum atomic E-state index is -3.90. The minimum absolute atomic E-state index is 0.0546. The molecule has 3 aromatic rings. The molecule has 0 aliphatic heterocycles. The van der Waals surface area contributed by atoms with Crippen molar-refractivity contribution in [2.75, 3.05) is 4.72 Å². The zero-order valence-electron chi connectivity index (χ0n) is 13.1. The third-order valence-corrected chi connectivity index (χ3v) is 4.98. The van der Waals surface area contributed by atoms with Gasteiger partial charge in [0.25, 0.3) is 10.0 Å². The SMILES string of the molecule is CC(=O)c1c(O)nc2ccc(S(=O)(=O)Nc3ccccc3)cc2c1O. The van der Waals surface area contributed by atoms with Gasteiger partial charge in [-0.2, -0.15) is 0 Å². The van der Waals surface area contributed by atoms with Crippen LogP contribution in [-0.4, -0.2) is 29.4 Å². The number of hydrogen-bond acceptors (Lipinski definition) is 6. The van der Waals surface area contributed by atoms with Crippen molar-refractivity contribution in [3.05, 3.63) is 54.1 Å². The van der Waals surface area contributed by atoms with Crippen LogP contribution in [0.25, 0.3) is 10.9 Å². The number of para-hydroxylation sites is 1. The van der Waals surface area contributed by atoms with Crippen LogP contribution in [0.1, 0.15) is 17.3 Å². The van der Waals surface area contributed by atoms with Crippen LogP contribution in [-0.2, 0) is 10.0 Å². The second kappa shape index (κ2) is 6.06. The minimum Gasteiger partial charge on any atom is -0.506 e. The molecule has 1 heterocycles. The second-order valence-corrected chi connectivity index (χ2v) is 7.05. The number of aromatic nitrogens is 1. The van der Waals surface area contributed by atoms with Crippen molar-refractivity contribution in [3.63, 3.8) is 0 Å². The molecule has 0 atom stereocenters. The number of carbonyl (C=O) groups excluding carboxylic acids is 1. The van der Waals surface area contributed by atoms with Gasteiger partial charge < -0.3 is 10.2 Å². The Morgan fingerprint density at radius 2 is 1.76 bits per heavy atom. The topological polar surface area (TPSA) is 117 Å². The summed E-state index contributed by atoms with van der Waals surface area (Å²) < 4.78 is 27.4. The van der Waals surface area contributed by atoms with E-state index in [2.05, 4.69) is 9.71 Å². The Morgan fingerprint density at radius 1 is 1.08 bits per heavy atom. The number of nitrogens with one attached hydrogen (secondary N) is 1. The predicted molar refractivity (Wildman–Crippen MR) is 92.3 cm³/mol. The third-order valence-electron chi connectivity index (χ3n) is 3.60. The Morgan fingerprint density at radius 3 is 2.40 bits per heavy atom. The van der Waals surface area contributed by atoms with E-state index in [0.717, 1.165) is 0 Å². The Labute approximate surface area is 143 Å². The average Bonchev–Trinajstić information content (AvgIpc) is 2.54. The van der Waals surface area contributed by atoms with Gasteiger partial charge in [-0.3, -0.25) is 9.52 Å². The third kappa shape index (κ3) is 3.11. The Hall–Kier alpha value is -3.13. The summed E-state index contributed by atoms with van der Waals surface area (Å²) in [6.45, 7) is 1.17. The molecular weight excluding hydrogens is 344 g/mol. The smallest absolute Gasteiger partial charge is 0.261 e. The van der Waals surface area contributed by atoms with Crippen molar-refractivity contribution in [2.45, 2.75) is 11.8 Å². The number of Topliss-reactive ketones (excluding diaryl/α,β-unsaturated/α-hetero) is 1. The fraction of sp³-hybridized carbons (Fsp3) is 0.0588. The maximum Gasteiger partial charge on any atom is 0.261 e. The van der Waals surface area contributed by atoms with Crippen molar-refractivity contribution in [1.82, 2.24) is 4.98 Å². The van der Waals surface area contributed by atoms with Gasteiger partial charge in [-0.1, -0.05) is 18.2 Å². The highest BCUT2D eigenvalue weighted by Gasteiger charge is 2.21. The summed E-state index contributed by atoms with van der Waals surface area (Å²) in [6, 6.07) is 12.2. The molecule has 0 spiro atoms. The molecule has 0 fully saturated rings. The van der Waals surface area contributed by atoms with E-state index in [9.17, 15) is 23.4 Å². The summed E-state index contributed by atoms with van der Waals surface area (Å²) in [5.41, 5.74) is 0.205. The van der Waals surface area contributed by atoms with Crippen LogP contribution in [0.2, 0.25) is 0 Å². The lowest BCUT2D eigenvalue weighted by atomic mass is 10.1. The van der Waals surface area contributed by atoms with E-state index < -0.39 is 27.4 Å². The van der Waals surface area contributed by atoms with Crippen molar-refractivity contribution in [1.29, 1.82) is 0 Å². The van der Waals surface area contributed by atoms with E-state index in [1.165, 1.54) is 25.1 Å². The molecule has 0 saturated heterocycles. The molecule has 0 aliphatic carbocycles. The van der Waals surface area contributed by atoms with Crippen molar-refractivity contribution in [3.8, 4) is 11.6 Å². The Balaban J connectivity index is 2.13. The van der Waals surface area contributed by atoms with Crippen molar-refractivity contribution < 1.29 is 23.4 Å². The van der Waals surface area contributed by atoms with Crippen LogP contribution in [0.5, 0.6) is 11.6 Å². The largest absolute Gasteiger partial charge is 0.506 e. The number of fused-ring (bicyclic) bond motifs is 1. The first-order valence-corrected chi connectivity index (χ1v) is 8.72. The average molecular weight is 358 g/mol. The van der Waals surface area contributed by atoms with Gasteiger partial charge in [0.15, 0.2) is 5.78 Å². The molecule has 0 amide bonds. The maximum atomic E-state index is 12.5. The summed E-state index contributed by atoms with van der Waals surface area (Å²) in [5.74, 6) is -1.69. The van der Waals surface area contributed by atoms with Crippen LogP contribution in [0.4, 0.5) is 5.69 Å². The number of hydrogen-bond donors (Lipinski definition) is 3. The lowest BCUT2D eigenvalue weighted by Crippen LogP contribution is -2.12. The van der Waals surface area contributed by atoms with Crippen LogP contribution in [0.3, 0.4) is 0 Å². The number of aromatic hydroxyl groups is 2. The lowest BCUT2D eigenvalue weighted by Gasteiger charge is -2.11. The Bertz CT molecular complexity index is 1080. The maximum absolute atomic E-state index is 12.5. The number of ketones is 1. The fourth-order valence-electron chi connectivity index (χ4n) is 2.42. The Kier molecular flexibility index (Phi) is 4.05. The molecule has 3 N–H and O–H groups in total. The molecule has 0 bridgehead atoms. The number of benzene rings is 2. The monoisotopic (exact) mass is 358 g/mol. The molecule has 7 nitrogen and oxygen atoms in total. The number of pyridine rings is 1. The van der Waals surface area contributed by atoms with Gasteiger partial charge in [-0.15, -0.1) is 0 Å². The fourth-order valence-corrected chi connectivity index (χ4v) is 3.51. The quantitative estimate of drug-likeness (QED) is 0.617. The van der Waals surface area contributed by atoms with Crippen LogP contribution >= 0.6 is 0 Å². The lowest BCUT2D eigenvalue weighted by molar-refractivity contribution is 0.101. The van der Waals surface area contributed by atoms with Gasteiger partial charge in [0.2, 0.25) is 5.88 Å². The van der Waals surface area contributed by atoms with Crippen molar-refractivity contribution in [2.24, 2.45) is 0 Å². The number of sulfonamides is 1. The molecule has 3 rings (SSSR count). The molecule has 2 aromatic carbocycles. The molecular formula is C17H14N2O5S. The van der Waals surface area contributed by atoms with E-state index in [1.807, 2.05) is 0 Å². The molecule has 1 aromatic heterocycles. The number of nitrogens with zero attached hydrogens (tertiary/aromatic N) is 1. The zero-order chi connectivity index (χ0) is 18.2. The molecule has 8 heteroatoms. The van der Waals surface area contributed by atoms with Crippen LogP contribution in [0.15, 0.2) is 53.4 Å². The van der Waals surface area contributed by atoms with Crippen LogP contribution in [0, 0.1) is 0 Å². The first-order valence-electron chi connectivity index (χ1n) is 7.24. The number of rotatable bonds is 4. The van der Waals surface area contributed by atoms with E-state index in [4.69, 9.17) is 0 Å². The highest BCUT2D eigenvalue weighted by atomic mass is 32.2. The highest BCUT2D eigenvalue weighted by molar-refractivity contribution is 7.92. The highest BCUT2D eigenvalue weighted by Crippen LogP contribution is 2.34. The van der Waals surface area contributed by atoms with Gasteiger partial charge in [0.05, 0.1) is 10.4 Å². The standard InChI is InChI=1S/C17H14N2O5S/c1-10(20)15-16(21)13-9-12(7-8-14(13)18-17(15)22)25(23,24)19-11-5-3-2-4-6-11/h2-9,19H,1H3,(H2,18,21,22). The number of carbonyl (C=O) groups is 1. The van der Waals surface area contributed by atoms with Gasteiger partial charge >= 0.3 is 0 Å². The van der Waals surface area contributed by atoms with Gasteiger partial charge in [-0.05, 0) is 37.3 Å². The predicted octanol–water partition coefficient (Wildman–Crippen LogP) is 2.65. The molecule has 0 radical (unpaired) electrons.